The number of methoxy groups -OCH3 is 1. The van der Waals surface area contributed by atoms with Crippen molar-refractivity contribution in [1.82, 2.24) is 4.90 Å². The number of likely N-dealkylation sites (N-methyl/N-ethyl adjacent to an activating group) is 1. The fourth-order valence-electron chi connectivity index (χ4n) is 8.36. The minimum atomic E-state index is -2.23. The summed E-state index contributed by atoms with van der Waals surface area (Å²) in [7, 11) is 5.11. The molecule has 18 atom stereocenters. The number of alkyl halides is 1. The maximum absolute atomic E-state index is 14.1. The van der Waals surface area contributed by atoms with Crippen LogP contribution in [0.5, 0.6) is 0 Å². The van der Waals surface area contributed by atoms with E-state index in [1.807, 2.05) is 25.9 Å². The second kappa shape index (κ2) is 17.6. The topological polar surface area (TPSA) is 194 Å². The Bertz CT molecular complexity index is 1190. The minimum absolute atomic E-state index is 0.0448. The molecular formula is C37H66FNO13. The SMILES string of the molecule is COC1(C)CC(O[C@H]2[C@H](C)[C@@H](OC3OC(C)CC(N(C)C)C3O)[C@](C)(O)C[C@@H](C)C(=O)[C@H](C)[C@@H](O)[C@](C)(O)[C@@H](CCF)OC(=O)[C@@H]2C)OC(C)C1O. The normalized spacial score (nSPS) is 49.0. The standard InChI is InChI=1S/C37H66FNO13/c1-18-16-35(7,45)32(52-34-28(41)24(39(10)11)15-19(2)48-34)21(4)29(51-26-17-36(8,47-12)31(43)23(6)49-26)22(5)33(44)50-25(13-14-38)37(9,46)30(42)20(3)27(18)40/h18-26,28-32,34,41-43,45-46H,13-17H2,1-12H3/t18-,19?,20+,21+,22-,23?,24?,25-,26?,28?,29+,30-,31?,32-,34?,35-,36?,37-/m1/s1. The van der Waals surface area contributed by atoms with Crippen molar-refractivity contribution in [2.24, 2.45) is 23.7 Å². The van der Waals surface area contributed by atoms with Gasteiger partial charge in [-0.05, 0) is 68.5 Å². The Morgan fingerprint density at radius 3 is 2.08 bits per heavy atom. The fraction of sp³-hybridized carbons (Fsp3) is 0.946. The monoisotopic (exact) mass is 751 g/mol. The fourth-order valence-corrected chi connectivity index (χ4v) is 8.36. The van der Waals surface area contributed by atoms with Crippen molar-refractivity contribution in [3.05, 3.63) is 0 Å². The van der Waals surface area contributed by atoms with E-state index < -0.39 is 121 Å². The lowest BCUT2D eigenvalue weighted by Gasteiger charge is -2.49. The summed E-state index contributed by atoms with van der Waals surface area (Å²) >= 11 is 0. The Morgan fingerprint density at radius 1 is 0.904 bits per heavy atom. The van der Waals surface area contributed by atoms with E-state index in [2.05, 4.69) is 0 Å². The number of carbonyl (C=O) groups is 2. The molecule has 3 heterocycles. The van der Waals surface area contributed by atoms with E-state index in [0.29, 0.717) is 6.42 Å². The van der Waals surface area contributed by atoms with Gasteiger partial charge >= 0.3 is 5.97 Å². The molecule has 3 fully saturated rings. The highest BCUT2D eigenvalue weighted by molar-refractivity contribution is 5.83. The third kappa shape index (κ3) is 9.70. The third-order valence-corrected chi connectivity index (χ3v) is 11.8. The van der Waals surface area contributed by atoms with Crippen molar-refractivity contribution in [2.45, 2.75) is 172 Å². The van der Waals surface area contributed by atoms with E-state index in [1.165, 1.54) is 34.8 Å². The lowest BCUT2D eigenvalue weighted by atomic mass is 9.74. The largest absolute Gasteiger partial charge is 0.459 e. The van der Waals surface area contributed by atoms with E-state index in [-0.39, 0.29) is 25.0 Å². The van der Waals surface area contributed by atoms with Crippen LogP contribution < -0.4 is 0 Å². The molecule has 0 aromatic rings. The van der Waals surface area contributed by atoms with Crippen LogP contribution in [0.3, 0.4) is 0 Å². The average Bonchev–Trinajstić information content (AvgIpc) is 3.06. The second-order valence-electron chi connectivity index (χ2n) is 16.5. The van der Waals surface area contributed by atoms with Crippen LogP contribution in [0.25, 0.3) is 0 Å². The van der Waals surface area contributed by atoms with Gasteiger partial charge in [0.15, 0.2) is 12.6 Å². The molecule has 0 aliphatic carbocycles. The predicted molar refractivity (Wildman–Crippen MR) is 187 cm³/mol. The lowest BCUT2D eigenvalue weighted by molar-refractivity contribution is -0.318. The van der Waals surface area contributed by atoms with Crippen molar-refractivity contribution in [2.75, 3.05) is 27.9 Å². The number of aliphatic hydroxyl groups excluding tert-OH is 3. The summed E-state index contributed by atoms with van der Waals surface area (Å²) in [5, 5.41) is 57.5. The first-order valence-electron chi connectivity index (χ1n) is 18.6. The summed E-state index contributed by atoms with van der Waals surface area (Å²) in [6.07, 6.45) is -11.4. The van der Waals surface area contributed by atoms with Crippen molar-refractivity contribution in [3.63, 3.8) is 0 Å². The van der Waals surface area contributed by atoms with Crippen LogP contribution in [0.1, 0.15) is 88.0 Å². The average molecular weight is 752 g/mol. The van der Waals surface area contributed by atoms with Gasteiger partial charge in [0.05, 0.1) is 54.3 Å². The van der Waals surface area contributed by atoms with E-state index in [9.17, 15) is 39.5 Å². The Kier molecular flexibility index (Phi) is 15.3. The molecule has 15 heteroatoms. The highest BCUT2D eigenvalue weighted by Crippen LogP contribution is 2.40. The summed E-state index contributed by atoms with van der Waals surface area (Å²) in [5.74, 6) is -5.61. The number of Topliss-reactive ketones (excluding diaryl/α,β-unsaturated/α-hetero) is 1. The minimum Gasteiger partial charge on any atom is -0.459 e. The van der Waals surface area contributed by atoms with Gasteiger partial charge in [0, 0.05) is 43.7 Å². The molecular weight excluding hydrogens is 685 g/mol. The van der Waals surface area contributed by atoms with Crippen molar-refractivity contribution in [3.8, 4) is 0 Å². The first kappa shape index (κ1) is 45.0. The van der Waals surface area contributed by atoms with Crippen molar-refractivity contribution >= 4 is 11.8 Å². The smallest absolute Gasteiger partial charge is 0.311 e. The zero-order chi connectivity index (χ0) is 39.7. The Morgan fingerprint density at radius 2 is 1.52 bits per heavy atom. The van der Waals surface area contributed by atoms with E-state index in [1.54, 1.807) is 27.7 Å². The first-order valence-corrected chi connectivity index (χ1v) is 18.6. The maximum atomic E-state index is 14.1. The van der Waals surface area contributed by atoms with Gasteiger partial charge in [-0.2, -0.15) is 0 Å². The quantitative estimate of drug-likeness (QED) is 0.225. The number of cyclic esters (lactones) is 1. The molecule has 8 unspecified atom stereocenters. The summed E-state index contributed by atoms with van der Waals surface area (Å²) in [6, 6.07) is -0.355. The number of ketones is 1. The number of hydrogen-bond acceptors (Lipinski definition) is 14. The molecule has 0 aromatic heterocycles. The lowest BCUT2D eigenvalue weighted by Crippen LogP contribution is -2.61. The van der Waals surface area contributed by atoms with Gasteiger partial charge < -0.3 is 58.9 Å². The van der Waals surface area contributed by atoms with Gasteiger partial charge in [0.25, 0.3) is 0 Å². The van der Waals surface area contributed by atoms with Crippen molar-refractivity contribution in [1.29, 1.82) is 0 Å². The van der Waals surface area contributed by atoms with Crippen LogP contribution in [-0.4, -0.2) is 154 Å². The molecule has 304 valence electrons. The zero-order valence-corrected chi connectivity index (χ0v) is 33.0. The molecule has 52 heavy (non-hydrogen) atoms. The van der Waals surface area contributed by atoms with Gasteiger partial charge in [0.1, 0.15) is 29.7 Å². The molecule has 3 aliphatic rings. The number of nitrogens with zero attached hydrogens (tertiary/aromatic N) is 1. The van der Waals surface area contributed by atoms with E-state index in [4.69, 9.17) is 28.4 Å². The Labute approximate surface area is 308 Å². The summed E-state index contributed by atoms with van der Waals surface area (Å²) in [6.45, 7) is 13.1. The van der Waals surface area contributed by atoms with Crippen LogP contribution in [-0.2, 0) is 38.0 Å². The van der Waals surface area contributed by atoms with E-state index >= 15 is 0 Å². The van der Waals surface area contributed by atoms with Crippen molar-refractivity contribution < 1.29 is 67.9 Å². The molecule has 0 aromatic carbocycles. The molecule has 14 nitrogen and oxygen atoms in total. The number of ether oxygens (including phenoxy) is 6. The maximum Gasteiger partial charge on any atom is 0.311 e. The molecule has 3 saturated heterocycles. The summed E-state index contributed by atoms with van der Waals surface area (Å²) in [5.41, 5.74) is -5.17. The summed E-state index contributed by atoms with van der Waals surface area (Å²) < 4.78 is 50.6. The highest BCUT2D eigenvalue weighted by Gasteiger charge is 2.53. The molecule has 3 rings (SSSR count). The number of carbonyl (C=O) groups excluding carboxylic acids is 2. The number of esters is 1. The number of aliphatic hydroxyl groups is 5. The van der Waals surface area contributed by atoms with Gasteiger partial charge in [-0.25, -0.2) is 0 Å². The molecule has 5 N–H and O–H groups in total. The van der Waals surface area contributed by atoms with Gasteiger partial charge in [-0.15, -0.1) is 0 Å². The highest BCUT2D eigenvalue weighted by atomic mass is 19.1. The number of halogens is 1. The molecule has 0 radical (unpaired) electrons. The molecule has 0 bridgehead atoms. The second-order valence-corrected chi connectivity index (χ2v) is 16.5. The predicted octanol–water partition coefficient (Wildman–Crippen LogP) is 1.74. The van der Waals surface area contributed by atoms with Gasteiger partial charge in [0.2, 0.25) is 0 Å². The summed E-state index contributed by atoms with van der Waals surface area (Å²) in [4.78, 5) is 29.7. The third-order valence-electron chi connectivity index (χ3n) is 11.8. The number of hydrogen-bond donors (Lipinski definition) is 5. The van der Waals surface area contributed by atoms with Crippen LogP contribution in [0, 0.1) is 23.7 Å². The molecule has 0 spiro atoms. The Balaban J connectivity index is 2.20. The number of rotatable bonds is 8. The van der Waals surface area contributed by atoms with Crippen LogP contribution in [0.15, 0.2) is 0 Å². The molecule has 0 saturated carbocycles. The zero-order valence-electron chi connectivity index (χ0n) is 33.0. The Hall–Kier alpha value is -1.37. The van der Waals surface area contributed by atoms with Crippen LogP contribution >= 0.6 is 0 Å². The van der Waals surface area contributed by atoms with Crippen LogP contribution in [0.2, 0.25) is 0 Å². The van der Waals surface area contributed by atoms with Crippen LogP contribution in [0.4, 0.5) is 4.39 Å². The van der Waals surface area contributed by atoms with E-state index in [0.717, 1.165) is 0 Å². The van der Waals surface area contributed by atoms with Gasteiger partial charge in [-0.3, -0.25) is 14.0 Å². The first-order chi connectivity index (χ1) is 23.9. The molecule has 3 aliphatic heterocycles. The molecule has 0 amide bonds. The van der Waals surface area contributed by atoms with Gasteiger partial charge in [-0.1, -0.05) is 20.8 Å².